The highest BCUT2D eigenvalue weighted by molar-refractivity contribution is 6.33. The second kappa shape index (κ2) is 11.3. The molecule has 10 nitrogen and oxygen atoms in total. The summed E-state index contributed by atoms with van der Waals surface area (Å²) in [7, 11) is 4.14. The number of amides is 2. The maximum Gasteiger partial charge on any atom is 0.338 e. The van der Waals surface area contributed by atoms with E-state index in [-0.39, 0.29) is 27.8 Å². The molecule has 0 unspecified atom stereocenters. The second-order valence-electron chi connectivity index (χ2n) is 6.06. The molecule has 2 rings (SSSR count). The standard InChI is InChI=1S/C20H20Cl2N2O8/c1-28-14-7-13(15(29-2)6-11(14)21)24-18(26)9-32-20(27)10-4-12(22)19(16(5-10)30-3)31-8-17(23)25/h4-7H,8-9H2,1-3H3,(H2,23,25)(H,24,26). The van der Waals surface area contributed by atoms with Gasteiger partial charge in [-0.25, -0.2) is 4.79 Å². The van der Waals surface area contributed by atoms with E-state index in [4.69, 9.17) is 52.6 Å². The van der Waals surface area contributed by atoms with E-state index in [1.54, 1.807) is 0 Å². The van der Waals surface area contributed by atoms with E-state index in [0.717, 1.165) is 0 Å². The van der Waals surface area contributed by atoms with Crippen LogP contribution in [-0.2, 0) is 14.3 Å². The number of esters is 1. The van der Waals surface area contributed by atoms with Crippen molar-refractivity contribution in [2.75, 3.05) is 39.9 Å². The normalized spacial score (nSPS) is 10.2. The topological polar surface area (TPSA) is 135 Å². The molecule has 0 saturated carbocycles. The maximum absolute atomic E-state index is 12.4. The van der Waals surface area contributed by atoms with Gasteiger partial charge in [-0.1, -0.05) is 23.2 Å². The first-order valence-electron chi connectivity index (χ1n) is 8.87. The van der Waals surface area contributed by atoms with Gasteiger partial charge in [0.05, 0.1) is 42.6 Å². The minimum atomic E-state index is -0.845. The van der Waals surface area contributed by atoms with Crippen molar-refractivity contribution in [2.24, 2.45) is 5.73 Å². The van der Waals surface area contributed by atoms with Gasteiger partial charge in [-0.2, -0.15) is 0 Å². The molecule has 0 bridgehead atoms. The fourth-order valence-corrected chi connectivity index (χ4v) is 2.98. The van der Waals surface area contributed by atoms with Crippen LogP contribution in [0.25, 0.3) is 0 Å². The number of anilines is 1. The van der Waals surface area contributed by atoms with Crippen molar-refractivity contribution in [3.63, 3.8) is 0 Å². The number of primary amides is 1. The number of nitrogens with two attached hydrogens (primary N) is 1. The summed E-state index contributed by atoms with van der Waals surface area (Å²) in [6.07, 6.45) is 0. The third-order valence-electron chi connectivity index (χ3n) is 3.91. The first-order chi connectivity index (χ1) is 15.2. The van der Waals surface area contributed by atoms with E-state index in [1.807, 2.05) is 0 Å². The zero-order chi connectivity index (χ0) is 23.8. The minimum Gasteiger partial charge on any atom is -0.495 e. The van der Waals surface area contributed by atoms with Gasteiger partial charge in [0.1, 0.15) is 11.5 Å². The van der Waals surface area contributed by atoms with Gasteiger partial charge in [0.15, 0.2) is 24.7 Å². The molecule has 12 heteroatoms. The molecule has 0 aliphatic carbocycles. The molecule has 0 aromatic heterocycles. The Bertz CT molecular complexity index is 1030. The van der Waals surface area contributed by atoms with Crippen LogP contribution in [0.1, 0.15) is 10.4 Å². The summed E-state index contributed by atoms with van der Waals surface area (Å²) in [5, 5.41) is 2.83. The average molecular weight is 487 g/mol. The fourth-order valence-electron chi connectivity index (χ4n) is 2.48. The quantitative estimate of drug-likeness (QED) is 0.489. The first kappa shape index (κ1) is 24.9. The molecule has 2 amide bonds. The number of nitrogens with one attached hydrogen (secondary N) is 1. The van der Waals surface area contributed by atoms with Crippen LogP contribution in [0.2, 0.25) is 10.0 Å². The number of carbonyl (C=O) groups excluding carboxylic acids is 3. The Morgan fingerprint density at radius 3 is 2.12 bits per heavy atom. The number of halogens is 2. The molecule has 0 aliphatic rings. The Balaban J connectivity index is 2.08. The lowest BCUT2D eigenvalue weighted by molar-refractivity contribution is -0.120. The molecule has 0 atom stereocenters. The van der Waals surface area contributed by atoms with Gasteiger partial charge in [-0.15, -0.1) is 0 Å². The van der Waals surface area contributed by atoms with Gasteiger partial charge in [0, 0.05) is 12.1 Å². The molecule has 0 saturated heterocycles. The molecule has 0 radical (unpaired) electrons. The molecule has 2 aromatic rings. The van der Waals surface area contributed by atoms with Crippen LogP contribution in [0.3, 0.4) is 0 Å². The highest BCUT2D eigenvalue weighted by Gasteiger charge is 2.19. The van der Waals surface area contributed by atoms with Crippen molar-refractivity contribution >= 4 is 46.7 Å². The van der Waals surface area contributed by atoms with Crippen molar-refractivity contribution in [1.29, 1.82) is 0 Å². The third-order valence-corrected chi connectivity index (χ3v) is 4.48. The largest absolute Gasteiger partial charge is 0.495 e. The van der Waals surface area contributed by atoms with E-state index < -0.39 is 31.0 Å². The van der Waals surface area contributed by atoms with E-state index in [1.165, 1.54) is 45.6 Å². The predicted octanol–water partition coefficient (Wildman–Crippen LogP) is 2.68. The number of ether oxygens (including phenoxy) is 5. The highest BCUT2D eigenvalue weighted by atomic mass is 35.5. The summed E-state index contributed by atoms with van der Waals surface area (Å²) < 4.78 is 25.6. The number of hydrogen-bond donors (Lipinski definition) is 2. The zero-order valence-corrected chi connectivity index (χ0v) is 18.8. The Kier molecular flexibility index (Phi) is 8.80. The molecule has 0 fully saturated rings. The van der Waals surface area contributed by atoms with Crippen LogP contribution in [0.5, 0.6) is 23.0 Å². The summed E-state index contributed by atoms with van der Waals surface area (Å²) >= 11 is 12.1. The zero-order valence-electron chi connectivity index (χ0n) is 17.3. The summed E-state index contributed by atoms with van der Waals surface area (Å²) in [6.45, 7) is -1.04. The fraction of sp³-hybridized carbons (Fsp3) is 0.250. The SMILES string of the molecule is COc1cc(NC(=O)COC(=O)c2cc(Cl)c(OCC(N)=O)c(OC)c2)c(OC)cc1Cl. The highest BCUT2D eigenvalue weighted by Crippen LogP contribution is 2.37. The molecule has 32 heavy (non-hydrogen) atoms. The summed E-state index contributed by atoms with van der Waals surface area (Å²) in [6, 6.07) is 5.47. The van der Waals surface area contributed by atoms with Gasteiger partial charge >= 0.3 is 5.97 Å². The maximum atomic E-state index is 12.4. The predicted molar refractivity (Wildman–Crippen MR) is 116 cm³/mol. The van der Waals surface area contributed by atoms with Crippen LogP contribution in [0.15, 0.2) is 24.3 Å². The van der Waals surface area contributed by atoms with Crippen LogP contribution in [-0.4, -0.2) is 52.3 Å². The van der Waals surface area contributed by atoms with E-state index >= 15 is 0 Å². The summed E-state index contributed by atoms with van der Waals surface area (Å²) in [4.78, 5) is 35.5. The van der Waals surface area contributed by atoms with Crippen LogP contribution < -0.4 is 30.0 Å². The lowest BCUT2D eigenvalue weighted by Gasteiger charge is -2.14. The van der Waals surface area contributed by atoms with E-state index in [0.29, 0.717) is 16.5 Å². The first-order valence-corrected chi connectivity index (χ1v) is 9.62. The van der Waals surface area contributed by atoms with Gasteiger partial charge in [0.2, 0.25) is 0 Å². The summed E-state index contributed by atoms with van der Waals surface area (Å²) in [5.74, 6) is -1.48. The number of benzene rings is 2. The lowest BCUT2D eigenvalue weighted by atomic mass is 10.2. The molecular formula is C20H20Cl2N2O8. The average Bonchev–Trinajstić information content (AvgIpc) is 2.76. The number of carbonyl (C=O) groups is 3. The number of methoxy groups -OCH3 is 3. The van der Waals surface area contributed by atoms with Crippen molar-refractivity contribution in [3.8, 4) is 23.0 Å². The van der Waals surface area contributed by atoms with Crippen LogP contribution in [0, 0.1) is 0 Å². The van der Waals surface area contributed by atoms with Crippen LogP contribution >= 0.6 is 23.2 Å². The summed E-state index contributed by atoms with van der Waals surface area (Å²) in [5.41, 5.74) is 5.31. The number of hydrogen-bond acceptors (Lipinski definition) is 8. The Labute approximate surface area is 193 Å². The third kappa shape index (κ3) is 6.32. The van der Waals surface area contributed by atoms with E-state index in [9.17, 15) is 14.4 Å². The molecule has 0 spiro atoms. The van der Waals surface area contributed by atoms with Crippen LogP contribution in [0.4, 0.5) is 5.69 Å². The molecule has 2 aromatic carbocycles. The van der Waals surface area contributed by atoms with Crippen molar-refractivity contribution in [3.05, 3.63) is 39.9 Å². The number of rotatable bonds is 10. The molecular weight excluding hydrogens is 467 g/mol. The van der Waals surface area contributed by atoms with Gasteiger partial charge in [-0.3, -0.25) is 9.59 Å². The molecule has 0 aliphatic heterocycles. The second-order valence-corrected chi connectivity index (χ2v) is 6.87. The van der Waals surface area contributed by atoms with E-state index in [2.05, 4.69) is 5.32 Å². The molecule has 3 N–H and O–H groups in total. The van der Waals surface area contributed by atoms with Gasteiger partial charge in [-0.05, 0) is 12.1 Å². The van der Waals surface area contributed by atoms with Gasteiger partial charge < -0.3 is 34.7 Å². The Morgan fingerprint density at radius 1 is 0.875 bits per heavy atom. The Morgan fingerprint density at radius 2 is 1.53 bits per heavy atom. The molecule has 0 heterocycles. The van der Waals surface area contributed by atoms with Crippen molar-refractivity contribution in [1.82, 2.24) is 0 Å². The Hall–Kier alpha value is -3.37. The minimum absolute atomic E-state index is 0.00295. The van der Waals surface area contributed by atoms with Gasteiger partial charge in [0.25, 0.3) is 11.8 Å². The smallest absolute Gasteiger partial charge is 0.338 e. The molecule has 172 valence electrons. The lowest BCUT2D eigenvalue weighted by Crippen LogP contribution is -2.21. The monoisotopic (exact) mass is 486 g/mol. The van der Waals surface area contributed by atoms with Crippen molar-refractivity contribution in [2.45, 2.75) is 0 Å². The van der Waals surface area contributed by atoms with Crippen molar-refractivity contribution < 1.29 is 38.1 Å².